The quantitative estimate of drug-likeness (QED) is 0.789. The minimum Gasteiger partial charge on any atom is -0.368 e. The van der Waals surface area contributed by atoms with Crippen LogP contribution >= 0.6 is 11.6 Å². The molecule has 0 N–H and O–H groups in total. The fraction of sp³-hybridized carbons (Fsp3) is 0.476. The Morgan fingerprint density at radius 2 is 1.81 bits per heavy atom. The van der Waals surface area contributed by atoms with Crippen LogP contribution in [0.3, 0.4) is 0 Å². The van der Waals surface area contributed by atoms with Crippen LogP contribution in [0.2, 0.25) is 0 Å². The number of amides is 1. The van der Waals surface area contributed by atoms with E-state index in [2.05, 4.69) is 17.9 Å². The van der Waals surface area contributed by atoms with E-state index in [0.717, 1.165) is 56.0 Å². The van der Waals surface area contributed by atoms with E-state index in [0.29, 0.717) is 0 Å². The van der Waals surface area contributed by atoms with E-state index in [-0.39, 0.29) is 23.6 Å². The van der Waals surface area contributed by atoms with Crippen molar-refractivity contribution in [2.45, 2.75) is 32.1 Å². The SMILES string of the molecule is CC1=C(N2CCN(C(=O)C3CC3c3ccc(F)cc3)CC2)C=C(Cl)CC1. The first-order valence-electron chi connectivity index (χ1n) is 9.38. The average Bonchev–Trinajstić information content (AvgIpc) is 3.45. The van der Waals surface area contributed by atoms with Gasteiger partial charge in [0, 0.05) is 42.8 Å². The van der Waals surface area contributed by atoms with Crippen LogP contribution in [0.1, 0.15) is 37.7 Å². The van der Waals surface area contributed by atoms with E-state index in [9.17, 15) is 9.18 Å². The van der Waals surface area contributed by atoms with E-state index < -0.39 is 0 Å². The van der Waals surface area contributed by atoms with Crippen molar-refractivity contribution in [2.24, 2.45) is 5.92 Å². The van der Waals surface area contributed by atoms with E-state index in [4.69, 9.17) is 11.6 Å². The maximum absolute atomic E-state index is 13.1. The lowest BCUT2D eigenvalue weighted by atomic mass is 10.0. The average molecular weight is 375 g/mol. The van der Waals surface area contributed by atoms with Crippen molar-refractivity contribution in [1.29, 1.82) is 0 Å². The fourth-order valence-electron chi connectivity index (χ4n) is 4.09. The minimum atomic E-state index is -0.227. The summed E-state index contributed by atoms with van der Waals surface area (Å²) in [6, 6.07) is 6.57. The standard InChI is InChI=1S/C21H24ClFN2O/c1-14-2-5-16(22)12-20(14)24-8-10-25(11-9-24)21(26)19-13-18(19)15-3-6-17(23)7-4-15/h3-4,6-7,12,18-19H,2,5,8-11,13H2,1H3. The lowest BCUT2D eigenvalue weighted by Gasteiger charge is -2.38. The van der Waals surface area contributed by atoms with Crippen LogP contribution < -0.4 is 0 Å². The summed E-state index contributed by atoms with van der Waals surface area (Å²) in [6.45, 7) is 5.39. The molecule has 3 aliphatic rings. The highest BCUT2D eigenvalue weighted by molar-refractivity contribution is 6.29. The number of hydrogen-bond acceptors (Lipinski definition) is 2. The number of benzene rings is 1. The molecule has 0 radical (unpaired) electrons. The second-order valence-electron chi connectivity index (χ2n) is 7.57. The van der Waals surface area contributed by atoms with E-state index >= 15 is 0 Å². The molecule has 1 saturated heterocycles. The van der Waals surface area contributed by atoms with Crippen LogP contribution in [0.25, 0.3) is 0 Å². The molecule has 4 rings (SSSR count). The predicted molar refractivity (Wildman–Crippen MR) is 101 cm³/mol. The Bertz CT molecular complexity index is 763. The molecule has 1 saturated carbocycles. The summed E-state index contributed by atoms with van der Waals surface area (Å²) >= 11 is 6.22. The van der Waals surface area contributed by atoms with Gasteiger partial charge in [-0.2, -0.15) is 0 Å². The van der Waals surface area contributed by atoms with Crippen LogP contribution in [-0.4, -0.2) is 41.9 Å². The summed E-state index contributed by atoms with van der Waals surface area (Å²) in [5, 5.41) is 0.921. The molecule has 0 bridgehead atoms. The third-order valence-electron chi connectivity index (χ3n) is 5.81. The molecule has 2 fully saturated rings. The van der Waals surface area contributed by atoms with Crippen LogP contribution in [0.15, 0.2) is 46.6 Å². The van der Waals surface area contributed by atoms with E-state index in [1.807, 2.05) is 4.90 Å². The van der Waals surface area contributed by atoms with Gasteiger partial charge in [0.25, 0.3) is 0 Å². The number of halogens is 2. The number of carbonyl (C=O) groups is 1. The van der Waals surface area contributed by atoms with Crippen LogP contribution in [0.5, 0.6) is 0 Å². The Labute approximate surface area is 159 Å². The molecule has 0 aromatic heterocycles. The van der Waals surface area contributed by atoms with Crippen molar-refractivity contribution in [3.63, 3.8) is 0 Å². The molecule has 3 nitrogen and oxygen atoms in total. The van der Waals surface area contributed by atoms with Gasteiger partial charge in [-0.05, 0) is 61.4 Å². The molecule has 1 amide bonds. The lowest BCUT2D eigenvalue weighted by Crippen LogP contribution is -2.49. The van der Waals surface area contributed by atoms with Gasteiger partial charge in [-0.3, -0.25) is 4.79 Å². The van der Waals surface area contributed by atoms with Crippen molar-refractivity contribution in [1.82, 2.24) is 9.80 Å². The smallest absolute Gasteiger partial charge is 0.226 e. The van der Waals surface area contributed by atoms with Crippen molar-refractivity contribution in [3.8, 4) is 0 Å². The Morgan fingerprint density at radius 3 is 2.50 bits per heavy atom. The zero-order valence-corrected chi connectivity index (χ0v) is 15.8. The first-order chi connectivity index (χ1) is 12.5. The summed E-state index contributed by atoms with van der Waals surface area (Å²) in [6.07, 6.45) is 4.92. The van der Waals surface area contributed by atoms with Gasteiger partial charge in [-0.1, -0.05) is 23.7 Å². The van der Waals surface area contributed by atoms with Gasteiger partial charge in [0.2, 0.25) is 5.91 Å². The molecule has 2 aliphatic carbocycles. The Morgan fingerprint density at radius 1 is 1.12 bits per heavy atom. The van der Waals surface area contributed by atoms with Crippen LogP contribution in [-0.2, 0) is 4.79 Å². The molecule has 138 valence electrons. The normalized spacial score (nSPS) is 26.0. The summed E-state index contributed by atoms with van der Waals surface area (Å²) in [7, 11) is 0. The van der Waals surface area contributed by atoms with Gasteiger partial charge in [0.15, 0.2) is 0 Å². The Balaban J connectivity index is 1.34. The largest absolute Gasteiger partial charge is 0.368 e. The molecule has 5 heteroatoms. The number of carbonyl (C=O) groups excluding carboxylic acids is 1. The summed E-state index contributed by atoms with van der Waals surface area (Å²) in [4.78, 5) is 17.1. The maximum atomic E-state index is 13.1. The first-order valence-corrected chi connectivity index (χ1v) is 9.76. The van der Waals surface area contributed by atoms with Gasteiger partial charge in [-0.15, -0.1) is 0 Å². The van der Waals surface area contributed by atoms with Gasteiger partial charge in [0.05, 0.1) is 0 Å². The molecule has 1 heterocycles. The lowest BCUT2D eigenvalue weighted by molar-refractivity contribution is -0.134. The van der Waals surface area contributed by atoms with Crippen molar-refractivity contribution >= 4 is 17.5 Å². The van der Waals surface area contributed by atoms with Crippen molar-refractivity contribution in [2.75, 3.05) is 26.2 Å². The third-order valence-corrected chi connectivity index (χ3v) is 6.11. The molecule has 26 heavy (non-hydrogen) atoms. The molecule has 1 aliphatic heterocycles. The number of allylic oxidation sites excluding steroid dienone is 3. The molecular weight excluding hydrogens is 351 g/mol. The molecule has 0 spiro atoms. The first kappa shape index (κ1) is 17.6. The minimum absolute atomic E-state index is 0.0667. The second kappa shape index (κ2) is 7.07. The van der Waals surface area contributed by atoms with Gasteiger partial charge < -0.3 is 9.80 Å². The summed E-state index contributed by atoms with van der Waals surface area (Å²) in [5.41, 5.74) is 3.70. The zero-order valence-electron chi connectivity index (χ0n) is 15.0. The second-order valence-corrected chi connectivity index (χ2v) is 8.05. The molecular formula is C21H24ClFN2O. The highest BCUT2D eigenvalue weighted by atomic mass is 35.5. The molecule has 2 atom stereocenters. The third kappa shape index (κ3) is 3.52. The number of rotatable bonds is 3. The Hall–Kier alpha value is -1.81. The number of nitrogens with zero attached hydrogens (tertiary/aromatic N) is 2. The number of hydrogen-bond donors (Lipinski definition) is 0. The van der Waals surface area contributed by atoms with Crippen LogP contribution in [0.4, 0.5) is 4.39 Å². The van der Waals surface area contributed by atoms with E-state index in [1.165, 1.54) is 23.4 Å². The Kier molecular flexibility index (Phi) is 4.78. The topological polar surface area (TPSA) is 23.6 Å². The van der Waals surface area contributed by atoms with Gasteiger partial charge in [-0.25, -0.2) is 4.39 Å². The molecule has 1 aromatic carbocycles. The van der Waals surface area contributed by atoms with Crippen molar-refractivity contribution in [3.05, 3.63) is 58.0 Å². The fourth-order valence-corrected chi connectivity index (χ4v) is 4.29. The molecule has 2 unspecified atom stereocenters. The highest BCUT2D eigenvalue weighted by Gasteiger charge is 2.46. The van der Waals surface area contributed by atoms with Crippen molar-refractivity contribution < 1.29 is 9.18 Å². The summed E-state index contributed by atoms with van der Waals surface area (Å²) < 4.78 is 13.1. The maximum Gasteiger partial charge on any atom is 0.226 e. The predicted octanol–water partition coefficient (Wildman–Crippen LogP) is 4.26. The summed E-state index contributed by atoms with van der Waals surface area (Å²) in [5.74, 6) is 0.347. The molecule has 1 aromatic rings. The van der Waals surface area contributed by atoms with Crippen LogP contribution in [0, 0.1) is 11.7 Å². The monoisotopic (exact) mass is 374 g/mol. The highest BCUT2D eigenvalue weighted by Crippen LogP contribution is 2.48. The van der Waals surface area contributed by atoms with E-state index in [1.54, 1.807) is 12.1 Å². The van der Waals surface area contributed by atoms with Gasteiger partial charge >= 0.3 is 0 Å². The van der Waals surface area contributed by atoms with Gasteiger partial charge in [0.1, 0.15) is 5.82 Å². The zero-order chi connectivity index (χ0) is 18.3. The number of piperazine rings is 1.